The van der Waals surface area contributed by atoms with E-state index < -0.39 is 17.9 Å². The van der Waals surface area contributed by atoms with Gasteiger partial charge in [-0.3, -0.25) is 4.79 Å². The molecule has 5 heteroatoms. The van der Waals surface area contributed by atoms with Gasteiger partial charge in [0.1, 0.15) is 11.8 Å². The van der Waals surface area contributed by atoms with E-state index in [2.05, 4.69) is 5.32 Å². The molecule has 19 heavy (non-hydrogen) atoms. The predicted octanol–water partition coefficient (Wildman–Crippen LogP) is 1.74. The number of amides is 1. The summed E-state index contributed by atoms with van der Waals surface area (Å²) in [5, 5.41) is 11.3. The van der Waals surface area contributed by atoms with Crippen molar-refractivity contribution in [1.82, 2.24) is 5.32 Å². The molecule has 0 aliphatic heterocycles. The fourth-order valence-corrected chi connectivity index (χ4v) is 1.57. The number of aliphatic carboxylic acids is 1. The van der Waals surface area contributed by atoms with E-state index >= 15 is 0 Å². The van der Waals surface area contributed by atoms with Gasteiger partial charge in [-0.25, -0.2) is 4.79 Å². The number of carbonyl (C=O) groups is 2. The Balaban J connectivity index is 2.42. The third kappa shape index (κ3) is 5.42. The molecule has 0 bridgehead atoms. The molecule has 1 rings (SSSR count). The topological polar surface area (TPSA) is 75.6 Å². The molecule has 0 spiro atoms. The lowest BCUT2D eigenvalue weighted by atomic mass is 10.2. The number of carbonyl (C=O) groups excluding carboxylic acids is 1. The Bertz CT molecular complexity index is 428. The Kier molecular flexibility index (Phi) is 5.85. The molecule has 1 aromatic carbocycles. The first-order valence-corrected chi connectivity index (χ1v) is 6.24. The van der Waals surface area contributed by atoms with Crippen molar-refractivity contribution in [3.63, 3.8) is 0 Å². The average Bonchev–Trinajstić information content (AvgIpc) is 2.37. The second-order valence-electron chi connectivity index (χ2n) is 4.35. The number of carboxylic acid groups (broad SMARTS) is 1. The van der Waals surface area contributed by atoms with Gasteiger partial charge in [-0.1, -0.05) is 31.0 Å². The summed E-state index contributed by atoms with van der Waals surface area (Å²) in [5.41, 5.74) is 1.10. The van der Waals surface area contributed by atoms with Gasteiger partial charge in [0.15, 0.2) is 6.61 Å². The molecule has 0 fully saturated rings. The molecule has 104 valence electrons. The van der Waals surface area contributed by atoms with Gasteiger partial charge >= 0.3 is 5.97 Å². The highest BCUT2D eigenvalue weighted by Crippen LogP contribution is 2.11. The molecule has 5 nitrogen and oxygen atoms in total. The van der Waals surface area contributed by atoms with Crippen LogP contribution in [0.25, 0.3) is 0 Å². The highest BCUT2D eigenvalue weighted by Gasteiger charge is 2.18. The Morgan fingerprint density at radius 3 is 2.47 bits per heavy atom. The summed E-state index contributed by atoms with van der Waals surface area (Å²) in [4.78, 5) is 22.5. The van der Waals surface area contributed by atoms with Crippen molar-refractivity contribution in [3.8, 4) is 5.75 Å². The molecular formula is C14H19NO4. The minimum Gasteiger partial charge on any atom is -0.484 e. The number of aryl methyl sites for hydroxylation is 1. The summed E-state index contributed by atoms with van der Waals surface area (Å²) in [6.07, 6.45) is 1.10. The van der Waals surface area contributed by atoms with Crippen LogP contribution in [0.15, 0.2) is 24.3 Å². The molecule has 0 radical (unpaired) electrons. The molecule has 2 N–H and O–H groups in total. The SMILES string of the molecule is CCC[C@H](NC(=O)COc1ccc(C)cc1)C(=O)O. The standard InChI is InChI=1S/C14H19NO4/c1-3-4-12(14(17)18)15-13(16)9-19-11-7-5-10(2)6-8-11/h5-8,12H,3-4,9H2,1-2H3,(H,15,16)(H,17,18)/t12-/m0/s1. The number of hydrogen-bond donors (Lipinski definition) is 2. The van der Waals surface area contributed by atoms with E-state index in [1.54, 1.807) is 12.1 Å². The first kappa shape index (κ1) is 15.0. The lowest BCUT2D eigenvalue weighted by molar-refractivity contribution is -0.142. The minimum atomic E-state index is -1.02. The van der Waals surface area contributed by atoms with Gasteiger partial charge in [0, 0.05) is 0 Å². The van der Waals surface area contributed by atoms with Crippen LogP contribution in [0, 0.1) is 6.92 Å². The van der Waals surface area contributed by atoms with Crippen LogP contribution in [-0.2, 0) is 9.59 Å². The van der Waals surface area contributed by atoms with Crippen molar-refractivity contribution in [3.05, 3.63) is 29.8 Å². The zero-order valence-electron chi connectivity index (χ0n) is 11.2. The van der Waals surface area contributed by atoms with Crippen LogP contribution >= 0.6 is 0 Å². The fourth-order valence-electron chi connectivity index (χ4n) is 1.57. The van der Waals surface area contributed by atoms with Gasteiger partial charge in [0.25, 0.3) is 5.91 Å². The Morgan fingerprint density at radius 1 is 1.32 bits per heavy atom. The van der Waals surface area contributed by atoms with Crippen molar-refractivity contribution in [2.75, 3.05) is 6.61 Å². The monoisotopic (exact) mass is 265 g/mol. The molecule has 0 aliphatic carbocycles. The average molecular weight is 265 g/mol. The van der Waals surface area contributed by atoms with Crippen molar-refractivity contribution in [1.29, 1.82) is 0 Å². The molecule has 1 atom stereocenters. The normalized spacial score (nSPS) is 11.7. The maximum absolute atomic E-state index is 11.6. The van der Waals surface area contributed by atoms with Crippen LogP contribution < -0.4 is 10.1 Å². The van der Waals surface area contributed by atoms with Gasteiger partial charge in [-0.2, -0.15) is 0 Å². The van der Waals surface area contributed by atoms with E-state index in [-0.39, 0.29) is 6.61 Å². The van der Waals surface area contributed by atoms with Crippen molar-refractivity contribution in [2.24, 2.45) is 0 Å². The number of nitrogens with one attached hydrogen (secondary N) is 1. The first-order valence-electron chi connectivity index (χ1n) is 6.24. The molecule has 1 aromatic rings. The predicted molar refractivity (Wildman–Crippen MR) is 71.1 cm³/mol. The summed E-state index contributed by atoms with van der Waals surface area (Å²) < 4.78 is 5.28. The third-order valence-corrected chi connectivity index (χ3v) is 2.60. The number of carboxylic acids is 1. The number of benzene rings is 1. The third-order valence-electron chi connectivity index (χ3n) is 2.60. The maximum Gasteiger partial charge on any atom is 0.326 e. The second kappa shape index (κ2) is 7.41. The van der Waals surface area contributed by atoms with E-state index in [1.165, 1.54) is 0 Å². The van der Waals surface area contributed by atoms with Gasteiger partial charge in [0.05, 0.1) is 0 Å². The zero-order valence-corrected chi connectivity index (χ0v) is 11.2. The Hall–Kier alpha value is -2.04. The van der Waals surface area contributed by atoms with Crippen LogP contribution in [0.1, 0.15) is 25.3 Å². The first-order chi connectivity index (χ1) is 9.02. The van der Waals surface area contributed by atoms with E-state index in [1.807, 2.05) is 26.0 Å². The quantitative estimate of drug-likeness (QED) is 0.787. The Morgan fingerprint density at radius 2 is 1.95 bits per heavy atom. The van der Waals surface area contributed by atoms with Crippen LogP contribution in [0.2, 0.25) is 0 Å². The van der Waals surface area contributed by atoms with Crippen LogP contribution in [0.4, 0.5) is 0 Å². The molecular weight excluding hydrogens is 246 g/mol. The summed E-state index contributed by atoms with van der Waals surface area (Å²) >= 11 is 0. The maximum atomic E-state index is 11.6. The lowest BCUT2D eigenvalue weighted by Crippen LogP contribution is -2.42. The molecule has 1 amide bonds. The van der Waals surface area contributed by atoms with Crippen molar-refractivity contribution in [2.45, 2.75) is 32.7 Å². The molecule has 0 saturated carbocycles. The van der Waals surface area contributed by atoms with Crippen LogP contribution in [0.3, 0.4) is 0 Å². The van der Waals surface area contributed by atoms with Gasteiger partial charge < -0.3 is 15.2 Å². The van der Waals surface area contributed by atoms with E-state index in [9.17, 15) is 9.59 Å². The van der Waals surface area contributed by atoms with Crippen molar-refractivity contribution >= 4 is 11.9 Å². The smallest absolute Gasteiger partial charge is 0.326 e. The molecule has 0 unspecified atom stereocenters. The summed E-state index contributed by atoms with van der Waals surface area (Å²) in [6, 6.07) is 6.45. The van der Waals surface area contributed by atoms with Gasteiger partial charge in [-0.05, 0) is 25.5 Å². The zero-order chi connectivity index (χ0) is 14.3. The fraction of sp³-hybridized carbons (Fsp3) is 0.429. The second-order valence-corrected chi connectivity index (χ2v) is 4.35. The largest absolute Gasteiger partial charge is 0.484 e. The van der Waals surface area contributed by atoms with E-state index in [0.717, 1.165) is 5.56 Å². The van der Waals surface area contributed by atoms with E-state index in [0.29, 0.717) is 18.6 Å². The molecule has 0 saturated heterocycles. The van der Waals surface area contributed by atoms with Crippen LogP contribution in [0.5, 0.6) is 5.75 Å². The number of ether oxygens (including phenoxy) is 1. The molecule has 0 aliphatic rings. The van der Waals surface area contributed by atoms with Gasteiger partial charge in [-0.15, -0.1) is 0 Å². The number of rotatable bonds is 7. The molecule has 0 aromatic heterocycles. The number of hydrogen-bond acceptors (Lipinski definition) is 3. The summed E-state index contributed by atoms with van der Waals surface area (Å²) in [5.74, 6) is -0.866. The van der Waals surface area contributed by atoms with E-state index in [4.69, 9.17) is 9.84 Å². The van der Waals surface area contributed by atoms with Crippen molar-refractivity contribution < 1.29 is 19.4 Å². The van der Waals surface area contributed by atoms with Crippen LogP contribution in [-0.4, -0.2) is 29.6 Å². The molecule has 0 heterocycles. The highest BCUT2D eigenvalue weighted by molar-refractivity contribution is 5.84. The highest BCUT2D eigenvalue weighted by atomic mass is 16.5. The summed E-state index contributed by atoms with van der Waals surface area (Å²) in [6.45, 7) is 3.64. The minimum absolute atomic E-state index is 0.184. The van der Waals surface area contributed by atoms with Gasteiger partial charge in [0.2, 0.25) is 0 Å². The summed E-state index contributed by atoms with van der Waals surface area (Å²) in [7, 11) is 0. The lowest BCUT2D eigenvalue weighted by Gasteiger charge is -2.13. The Labute approximate surface area is 112 Å².